The van der Waals surface area contributed by atoms with Crippen LogP contribution in [0.15, 0.2) is 30.6 Å². The summed E-state index contributed by atoms with van der Waals surface area (Å²) in [5, 5.41) is 20.7. The molecular weight excluding hydrogens is 629 g/mol. The monoisotopic (exact) mass is 664 g/mol. The number of thiophene rings is 1. The summed E-state index contributed by atoms with van der Waals surface area (Å²) in [4.78, 5) is 34.3. The molecule has 1 aliphatic heterocycles. The van der Waals surface area contributed by atoms with Crippen LogP contribution in [-0.4, -0.2) is 69.1 Å². The summed E-state index contributed by atoms with van der Waals surface area (Å²) in [6, 6.07) is 10.4. The van der Waals surface area contributed by atoms with E-state index in [1.807, 2.05) is 6.07 Å². The first-order valence-electron chi connectivity index (χ1n) is 15.8. The number of nitrogens with zero attached hydrogens (tertiary/aromatic N) is 5. The Hall–Kier alpha value is -4.22. The van der Waals surface area contributed by atoms with Crippen molar-refractivity contribution < 1.29 is 22.8 Å². The number of nitrogens with one attached hydrogen (secondary N) is 3. The quantitative estimate of drug-likeness (QED) is 0.197. The van der Waals surface area contributed by atoms with Gasteiger partial charge < -0.3 is 20.5 Å². The number of alkyl halides is 3. The average molecular weight is 665 g/mol. The molecule has 4 heterocycles. The number of halogens is 3. The predicted molar refractivity (Wildman–Crippen MR) is 172 cm³/mol. The number of amides is 2. The maximum absolute atomic E-state index is 12.9. The molecule has 4 fully saturated rings. The van der Waals surface area contributed by atoms with E-state index in [9.17, 15) is 28.0 Å². The molecule has 4 aliphatic rings. The van der Waals surface area contributed by atoms with Crippen LogP contribution in [0.1, 0.15) is 53.8 Å². The summed E-state index contributed by atoms with van der Waals surface area (Å²) in [6.45, 7) is 5.34. The number of likely N-dealkylation sites (tertiary alicyclic amines) is 1. The van der Waals surface area contributed by atoms with Gasteiger partial charge in [-0.15, -0.1) is 11.3 Å². The predicted octanol–water partition coefficient (Wildman–Crippen LogP) is 4.79. The molecule has 3 aliphatic carbocycles. The van der Waals surface area contributed by atoms with Crippen LogP contribution < -0.4 is 16.0 Å². The van der Waals surface area contributed by atoms with E-state index in [2.05, 4.69) is 60.5 Å². The summed E-state index contributed by atoms with van der Waals surface area (Å²) in [6.07, 6.45) is 1.05. The van der Waals surface area contributed by atoms with Gasteiger partial charge in [0.15, 0.2) is 0 Å². The van der Waals surface area contributed by atoms with Crippen molar-refractivity contribution in [1.29, 1.82) is 5.26 Å². The number of hydrogen-bond donors (Lipinski definition) is 3. The number of rotatable bonds is 11. The van der Waals surface area contributed by atoms with Gasteiger partial charge in [0.05, 0.1) is 18.4 Å². The average Bonchev–Trinajstić information content (AvgIpc) is 3.57. The molecule has 0 atom stereocenters. The molecule has 246 valence electrons. The van der Waals surface area contributed by atoms with Gasteiger partial charge in [-0.05, 0) is 73.8 Å². The van der Waals surface area contributed by atoms with Crippen molar-refractivity contribution in [2.24, 2.45) is 5.41 Å². The minimum Gasteiger partial charge on any atom is -0.367 e. The molecule has 4 aromatic rings. The summed E-state index contributed by atoms with van der Waals surface area (Å²) in [5.74, 6) is 0.410. The fourth-order valence-electron chi connectivity index (χ4n) is 8.04. The first-order chi connectivity index (χ1) is 22.5. The number of benzene rings is 1. The van der Waals surface area contributed by atoms with Crippen molar-refractivity contribution in [2.45, 2.75) is 76.3 Å². The van der Waals surface area contributed by atoms with E-state index in [0.717, 1.165) is 86.1 Å². The van der Waals surface area contributed by atoms with Crippen LogP contribution in [0, 0.1) is 23.7 Å². The number of anilines is 1. The zero-order valence-corrected chi connectivity index (χ0v) is 26.7. The van der Waals surface area contributed by atoms with Crippen LogP contribution in [0.5, 0.6) is 0 Å². The molecule has 8 rings (SSSR count). The van der Waals surface area contributed by atoms with Crippen molar-refractivity contribution in [3.05, 3.63) is 52.3 Å². The van der Waals surface area contributed by atoms with Gasteiger partial charge in [-0.3, -0.25) is 14.5 Å². The third-order valence-corrected chi connectivity index (χ3v) is 11.1. The zero-order valence-electron chi connectivity index (χ0n) is 25.9. The van der Waals surface area contributed by atoms with Crippen LogP contribution in [0.25, 0.3) is 21.1 Å². The molecule has 3 N–H and O–H groups in total. The highest BCUT2D eigenvalue weighted by molar-refractivity contribution is 7.18. The van der Waals surface area contributed by atoms with E-state index in [-0.39, 0.29) is 34.3 Å². The number of hydrogen-bond acceptors (Lipinski definition) is 8. The number of aromatic nitrogens is 3. The molecule has 2 bridgehead atoms. The lowest BCUT2D eigenvalue weighted by Gasteiger charge is -2.70. The second-order valence-electron chi connectivity index (χ2n) is 13.5. The molecule has 3 saturated carbocycles. The van der Waals surface area contributed by atoms with Crippen molar-refractivity contribution >= 4 is 50.6 Å². The highest BCUT2D eigenvalue weighted by Crippen LogP contribution is 2.68. The summed E-state index contributed by atoms with van der Waals surface area (Å²) < 4.78 is 40.9. The van der Waals surface area contributed by atoms with Crippen molar-refractivity contribution in [3.63, 3.8) is 0 Å². The fraction of sp³-hybridized carbons (Fsp3) is 0.485. The minimum absolute atomic E-state index is 0.0188. The Morgan fingerprint density at radius 3 is 2.64 bits per heavy atom. The molecule has 10 nitrogen and oxygen atoms in total. The van der Waals surface area contributed by atoms with Gasteiger partial charge in [0, 0.05) is 53.5 Å². The minimum atomic E-state index is -4.27. The van der Waals surface area contributed by atoms with Crippen LogP contribution in [0.4, 0.5) is 19.0 Å². The van der Waals surface area contributed by atoms with Crippen LogP contribution in [0.3, 0.4) is 0 Å². The molecule has 14 heteroatoms. The number of carbonyl (C=O) groups excluding carboxylic acids is 2. The molecule has 1 saturated heterocycles. The van der Waals surface area contributed by atoms with Gasteiger partial charge in [-0.25, -0.2) is 9.97 Å². The molecule has 2 amide bonds. The van der Waals surface area contributed by atoms with Gasteiger partial charge in [-0.2, -0.15) is 18.4 Å². The summed E-state index contributed by atoms with van der Waals surface area (Å²) in [7, 11) is 0. The standard InChI is InChI=1S/C33H35F3N8O2S/c1-20-21(13-43-6-4-22(5-7-43)41-29-26-9-24(10-33(34,35)36)47-30(26)40-18-39-29)2-3-27-25(20)8-23(11-37)44(27)17-31-14-32(15-31,16-31)42-28(46)12-38-19-45/h2-3,8-9,18-19,22H,4-7,10,12-17H2,1H3,(H,38,45)(H,42,46)(H,39,40,41). The lowest BCUT2D eigenvalue weighted by molar-refractivity contribution is -0.171. The van der Waals surface area contributed by atoms with Gasteiger partial charge in [0.1, 0.15) is 28.7 Å². The van der Waals surface area contributed by atoms with Crippen molar-refractivity contribution in [3.8, 4) is 6.07 Å². The topological polar surface area (TPSA) is 128 Å². The Labute approximate surface area is 273 Å². The van der Waals surface area contributed by atoms with E-state index in [0.29, 0.717) is 28.1 Å². The largest absolute Gasteiger partial charge is 0.393 e. The Morgan fingerprint density at radius 2 is 1.94 bits per heavy atom. The molecule has 0 spiro atoms. The van der Waals surface area contributed by atoms with E-state index in [4.69, 9.17) is 0 Å². The molecule has 0 unspecified atom stereocenters. The zero-order chi connectivity index (χ0) is 33.0. The van der Waals surface area contributed by atoms with Gasteiger partial charge in [-0.1, -0.05) is 6.07 Å². The number of piperidine rings is 1. The normalized spacial score (nSPS) is 22.8. The molecular formula is C33H35F3N8O2S. The van der Waals surface area contributed by atoms with E-state index >= 15 is 0 Å². The molecule has 47 heavy (non-hydrogen) atoms. The van der Waals surface area contributed by atoms with Gasteiger partial charge >= 0.3 is 6.18 Å². The number of fused-ring (bicyclic) bond motifs is 2. The maximum atomic E-state index is 12.9. The second-order valence-corrected chi connectivity index (χ2v) is 14.6. The SMILES string of the molecule is Cc1c(CN2CCC(Nc3ncnc4sc(CC(F)(F)F)cc34)CC2)ccc2c1cc(C#N)n2CC12CC(NC(=O)CNC=O)(C1)C2. The highest BCUT2D eigenvalue weighted by atomic mass is 32.1. The van der Waals surface area contributed by atoms with Gasteiger partial charge in [0.25, 0.3) is 0 Å². The van der Waals surface area contributed by atoms with Crippen LogP contribution in [-0.2, 0) is 29.1 Å². The van der Waals surface area contributed by atoms with Crippen LogP contribution in [0.2, 0.25) is 0 Å². The van der Waals surface area contributed by atoms with Gasteiger partial charge in [0.2, 0.25) is 12.3 Å². The number of aryl methyl sites for hydroxylation is 1. The lowest BCUT2D eigenvalue weighted by Crippen LogP contribution is -2.76. The van der Waals surface area contributed by atoms with E-state index in [1.54, 1.807) is 6.07 Å². The molecule has 3 aromatic heterocycles. The first kappa shape index (κ1) is 31.4. The van der Waals surface area contributed by atoms with E-state index in [1.165, 1.54) is 11.9 Å². The van der Waals surface area contributed by atoms with Crippen molar-refractivity contribution in [1.82, 2.24) is 30.1 Å². The smallest absolute Gasteiger partial charge is 0.367 e. The fourth-order valence-corrected chi connectivity index (χ4v) is 9.06. The van der Waals surface area contributed by atoms with Crippen LogP contribution >= 0.6 is 11.3 Å². The molecule has 0 radical (unpaired) electrons. The Balaban J connectivity index is 0.972. The summed E-state index contributed by atoms with van der Waals surface area (Å²) in [5.41, 5.74) is 3.95. The highest BCUT2D eigenvalue weighted by Gasteiger charge is 2.68. The third-order valence-electron chi connectivity index (χ3n) is 10.0. The Morgan fingerprint density at radius 1 is 1.17 bits per heavy atom. The third kappa shape index (κ3) is 6.14. The Kier molecular flexibility index (Phi) is 7.87. The number of carbonyl (C=O) groups is 2. The van der Waals surface area contributed by atoms with E-state index < -0.39 is 12.6 Å². The Bertz CT molecular complexity index is 1880. The molecule has 1 aromatic carbocycles. The van der Waals surface area contributed by atoms with Crippen molar-refractivity contribution in [2.75, 3.05) is 25.0 Å². The lowest BCUT2D eigenvalue weighted by atomic mass is 9.39. The number of nitriles is 1. The first-order valence-corrected chi connectivity index (χ1v) is 16.6. The summed E-state index contributed by atoms with van der Waals surface area (Å²) >= 11 is 1.06. The maximum Gasteiger partial charge on any atom is 0.393 e. The second kappa shape index (κ2) is 11.8.